The second kappa shape index (κ2) is 3.66. The first-order chi connectivity index (χ1) is 7.15. The highest BCUT2D eigenvalue weighted by atomic mass is 16.7. The molecule has 0 saturated heterocycles. The van der Waals surface area contributed by atoms with Crippen LogP contribution in [0, 0.1) is 0 Å². The van der Waals surface area contributed by atoms with Gasteiger partial charge < -0.3 is 0 Å². The topological polar surface area (TPSA) is 47.4 Å². The molecule has 0 N–H and O–H groups in total. The van der Waals surface area contributed by atoms with Gasteiger partial charge in [0.15, 0.2) is 0 Å². The number of hydrogen-bond donors (Lipinski definition) is 0. The van der Waals surface area contributed by atoms with E-state index in [9.17, 15) is 4.79 Å². The summed E-state index contributed by atoms with van der Waals surface area (Å²) in [7, 11) is 4.86. The van der Waals surface area contributed by atoms with Gasteiger partial charge in [-0.25, -0.2) is 5.06 Å². The van der Waals surface area contributed by atoms with Crippen molar-refractivity contribution in [2.75, 3.05) is 14.2 Å². The highest BCUT2D eigenvalue weighted by Gasteiger charge is 2.31. The molecule has 1 saturated carbocycles. The fourth-order valence-corrected chi connectivity index (χ4v) is 1.64. The smallest absolute Gasteiger partial charge is 0.274 e. The molecule has 1 fully saturated rings. The Morgan fingerprint density at radius 2 is 2.33 bits per heavy atom. The largest absolute Gasteiger partial charge is 0.295 e. The number of aromatic nitrogens is 2. The van der Waals surface area contributed by atoms with Gasteiger partial charge in [0.2, 0.25) is 0 Å². The first-order valence-electron chi connectivity index (χ1n) is 4.99. The van der Waals surface area contributed by atoms with Gasteiger partial charge in [0, 0.05) is 19.7 Å². The number of carbonyl (C=O) groups excluding carboxylic acids is 1. The Hall–Kier alpha value is -1.36. The third-order valence-corrected chi connectivity index (χ3v) is 2.75. The van der Waals surface area contributed by atoms with Gasteiger partial charge in [0.25, 0.3) is 5.91 Å². The minimum absolute atomic E-state index is 0.139. The lowest BCUT2D eigenvalue weighted by molar-refractivity contribution is -0.0763. The van der Waals surface area contributed by atoms with Crippen molar-refractivity contribution in [1.29, 1.82) is 0 Å². The standard InChI is InChI=1S/C10H15N3O2/c1-12-9(10(14)13(2)15-3)8(6-11-12)7-4-5-7/h6-7H,4-5H2,1-3H3. The predicted molar refractivity (Wildman–Crippen MR) is 54.3 cm³/mol. The molecule has 1 aromatic heterocycles. The fourth-order valence-electron chi connectivity index (χ4n) is 1.64. The lowest BCUT2D eigenvalue weighted by Gasteiger charge is -2.14. The molecule has 0 bridgehead atoms. The first kappa shape index (κ1) is 10.2. The molecule has 0 aromatic carbocycles. The number of hydroxylamine groups is 2. The maximum Gasteiger partial charge on any atom is 0.295 e. The van der Waals surface area contributed by atoms with Gasteiger partial charge in [-0.15, -0.1) is 0 Å². The molecule has 1 heterocycles. The normalized spacial score (nSPS) is 15.4. The summed E-state index contributed by atoms with van der Waals surface area (Å²) in [5.41, 5.74) is 1.69. The Labute approximate surface area is 88.6 Å². The number of rotatable bonds is 3. The maximum absolute atomic E-state index is 12.0. The van der Waals surface area contributed by atoms with Crippen LogP contribution in [0.2, 0.25) is 0 Å². The van der Waals surface area contributed by atoms with Crippen molar-refractivity contribution in [3.63, 3.8) is 0 Å². The maximum atomic E-state index is 12.0. The van der Waals surface area contributed by atoms with E-state index in [0.29, 0.717) is 11.6 Å². The van der Waals surface area contributed by atoms with Crippen LogP contribution in [0.25, 0.3) is 0 Å². The summed E-state index contributed by atoms with van der Waals surface area (Å²) >= 11 is 0. The van der Waals surface area contributed by atoms with E-state index in [1.165, 1.54) is 12.2 Å². The van der Waals surface area contributed by atoms with Gasteiger partial charge in [0.1, 0.15) is 5.69 Å². The fraction of sp³-hybridized carbons (Fsp3) is 0.600. The Bertz CT molecular complexity index is 382. The van der Waals surface area contributed by atoms with E-state index in [2.05, 4.69) is 5.10 Å². The van der Waals surface area contributed by atoms with Gasteiger partial charge in [-0.1, -0.05) is 0 Å². The Morgan fingerprint density at radius 3 is 2.87 bits per heavy atom. The molecule has 5 nitrogen and oxygen atoms in total. The van der Waals surface area contributed by atoms with Gasteiger partial charge in [-0.2, -0.15) is 5.10 Å². The van der Waals surface area contributed by atoms with Crippen molar-refractivity contribution in [2.45, 2.75) is 18.8 Å². The third kappa shape index (κ3) is 1.74. The Morgan fingerprint density at radius 1 is 1.67 bits per heavy atom. The summed E-state index contributed by atoms with van der Waals surface area (Å²) in [6.45, 7) is 0. The van der Waals surface area contributed by atoms with Crippen LogP contribution in [0.1, 0.15) is 34.8 Å². The molecule has 1 amide bonds. The summed E-state index contributed by atoms with van der Waals surface area (Å²) in [5.74, 6) is 0.377. The predicted octanol–water partition coefficient (Wildman–Crippen LogP) is 0.931. The van der Waals surface area contributed by atoms with Gasteiger partial charge >= 0.3 is 0 Å². The van der Waals surface area contributed by atoms with Crippen molar-refractivity contribution in [2.24, 2.45) is 7.05 Å². The molecule has 1 aliphatic carbocycles. The zero-order valence-corrected chi connectivity index (χ0v) is 9.23. The van der Waals surface area contributed by atoms with Gasteiger partial charge in [0.05, 0.1) is 13.3 Å². The lowest BCUT2D eigenvalue weighted by Crippen LogP contribution is -2.28. The molecule has 82 valence electrons. The van der Waals surface area contributed by atoms with E-state index < -0.39 is 0 Å². The van der Waals surface area contributed by atoms with E-state index >= 15 is 0 Å². The van der Waals surface area contributed by atoms with Crippen LogP contribution in [-0.2, 0) is 11.9 Å². The Balaban J connectivity index is 2.32. The highest BCUT2D eigenvalue weighted by molar-refractivity contribution is 5.93. The summed E-state index contributed by atoms with van der Waals surface area (Å²) in [4.78, 5) is 16.8. The average molecular weight is 209 g/mol. The van der Waals surface area contributed by atoms with E-state index in [4.69, 9.17) is 4.84 Å². The van der Waals surface area contributed by atoms with E-state index in [0.717, 1.165) is 18.4 Å². The SMILES string of the molecule is CON(C)C(=O)c1c(C2CC2)cnn1C. The quantitative estimate of drug-likeness (QED) is 0.696. The van der Waals surface area contributed by atoms with Gasteiger partial charge in [-0.05, 0) is 18.8 Å². The molecular weight excluding hydrogens is 194 g/mol. The molecule has 1 aliphatic rings. The molecule has 15 heavy (non-hydrogen) atoms. The van der Waals surface area contributed by atoms with Crippen LogP contribution in [0.15, 0.2) is 6.20 Å². The molecule has 0 aliphatic heterocycles. The second-order valence-electron chi connectivity index (χ2n) is 3.83. The van der Waals surface area contributed by atoms with Crippen LogP contribution in [0.5, 0.6) is 0 Å². The molecular formula is C10H15N3O2. The van der Waals surface area contributed by atoms with E-state index in [1.54, 1.807) is 25.0 Å². The van der Waals surface area contributed by atoms with Gasteiger partial charge in [-0.3, -0.25) is 14.3 Å². The van der Waals surface area contributed by atoms with Crippen molar-refractivity contribution in [3.8, 4) is 0 Å². The zero-order valence-electron chi connectivity index (χ0n) is 9.23. The number of nitrogens with zero attached hydrogens (tertiary/aromatic N) is 3. The van der Waals surface area contributed by atoms with Crippen molar-refractivity contribution < 1.29 is 9.63 Å². The molecule has 2 rings (SSSR count). The number of carbonyl (C=O) groups is 1. The first-order valence-corrected chi connectivity index (χ1v) is 4.99. The monoisotopic (exact) mass is 209 g/mol. The van der Waals surface area contributed by atoms with Crippen molar-refractivity contribution >= 4 is 5.91 Å². The van der Waals surface area contributed by atoms with Crippen LogP contribution < -0.4 is 0 Å². The minimum Gasteiger partial charge on any atom is -0.274 e. The number of aryl methyl sites for hydroxylation is 1. The minimum atomic E-state index is -0.139. The van der Waals surface area contributed by atoms with Crippen LogP contribution in [0.4, 0.5) is 0 Å². The summed E-state index contributed by atoms with van der Waals surface area (Å²) in [6, 6.07) is 0. The molecule has 0 atom stereocenters. The van der Waals surface area contributed by atoms with E-state index in [-0.39, 0.29) is 5.91 Å². The second-order valence-corrected chi connectivity index (χ2v) is 3.83. The van der Waals surface area contributed by atoms with Crippen LogP contribution >= 0.6 is 0 Å². The molecule has 1 aromatic rings. The van der Waals surface area contributed by atoms with Crippen LogP contribution in [-0.4, -0.2) is 34.9 Å². The highest BCUT2D eigenvalue weighted by Crippen LogP contribution is 2.41. The average Bonchev–Trinajstić information content (AvgIpc) is 3.00. The molecule has 0 spiro atoms. The van der Waals surface area contributed by atoms with Crippen LogP contribution in [0.3, 0.4) is 0 Å². The molecule has 5 heteroatoms. The van der Waals surface area contributed by atoms with E-state index in [1.807, 2.05) is 0 Å². The summed E-state index contributed by atoms with van der Waals surface area (Å²) in [5, 5.41) is 5.35. The third-order valence-electron chi connectivity index (χ3n) is 2.75. The summed E-state index contributed by atoms with van der Waals surface area (Å²) in [6.07, 6.45) is 4.10. The Kier molecular flexibility index (Phi) is 2.48. The van der Waals surface area contributed by atoms with Crippen molar-refractivity contribution in [1.82, 2.24) is 14.8 Å². The lowest BCUT2D eigenvalue weighted by atomic mass is 10.1. The number of hydrogen-bond acceptors (Lipinski definition) is 3. The molecule has 0 unspecified atom stereocenters. The molecule has 0 radical (unpaired) electrons. The number of amides is 1. The summed E-state index contributed by atoms with van der Waals surface area (Å²) < 4.78 is 1.62. The zero-order chi connectivity index (χ0) is 11.0. The van der Waals surface area contributed by atoms with Crippen molar-refractivity contribution in [3.05, 3.63) is 17.5 Å².